The largest absolute Gasteiger partial charge is 0.103 e. The summed E-state index contributed by atoms with van der Waals surface area (Å²) >= 11 is 3.51. The van der Waals surface area contributed by atoms with Crippen LogP contribution in [0.2, 0.25) is 0 Å². The monoisotopic (exact) mass is 238 g/mol. The second-order valence-corrected chi connectivity index (χ2v) is 4.40. The minimum absolute atomic E-state index is 0.564. The summed E-state index contributed by atoms with van der Waals surface area (Å²) in [6.45, 7) is 8.10. The van der Waals surface area contributed by atoms with Crippen LogP contribution in [0.4, 0.5) is 0 Å². The Bertz CT molecular complexity index is 282. The minimum atomic E-state index is 0.564. The number of aryl methyl sites for hydroxylation is 1. The summed E-state index contributed by atoms with van der Waals surface area (Å²) in [7, 11) is 0. The molecule has 0 bridgehead atoms. The van der Waals surface area contributed by atoms with Crippen molar-refractivity contribution in [3.8, 4) is 0 Å². The molecule has 0 aromatic heterocycles. The first kappa shape index (κ1) is 10.5. The zero-order chi connectivity index (χ0) is 9.84. The summed E-state index contributed by atoms with van der Waals surface area (Å²) in [5.74, 6) is 0.564. The Morgan fingerprint density at radius 2 is 2.15 bits per heavy atom. The Balaban J connectivity index is 2.93. The van der Waals surface area contributed by atoms with Gasteiger partial charge in [0.05, 0.1) is 0 Å². The van der Waals surface area contributed by atoms with Crippen molar-refractivity contribution in [3.63, 3.8) is 0 Å². The first-order chi connectivity index (χ1) is 6.13. The van der Waals surface area contributed by atoms with Crippen molar-refractivity contribution in [2.75, 3.05) is 0 Å². The van der Waals surface area contributed by atoms with E-state index in [2.05, 4.69) is 54.6 Å². The first-order valence-electron chi connectivity index (χ1n) is 4.51. The molecule has 1 atom stereocenters. The summed E-state index contributed by atoms with van der Waals surface area (Å²) in [6.07, 6.45) is 3.01. The van der Waals surface area contributed by atoms with Crippen LogP contribution in [0.5, 0.6) is 0 Å². The van der Waals surface area contributed by atoms with E-state index in [1.807, 2.05) is 6.08 Å². The molecule has 1 aromatic carbocycles. The van der Waals surface area contributed by atoms with Gasteiger partial charge in [-0.05, 0) is 42.5 Å². The summed E-state index contributed by atoms with van der Waals surface area (Å²) in [5, 5.41) is 0. The molecule has 13 heavy (non-hydrogen) atoms. The summed E-state index contributed by atoms with van der Waals surface area (Å²) in [5.41, 5.74) is 2.69. The standard InChI is InChI=1S/C12H15Br/c1-4-5-10(3)11-6-9(2)7-12(13)8-11/h4,6-8,10H,1,5H2,2-3H3. The smallest absolute Gasteiger partial charge is 0.0180 e. The van der Waals surface area contributed by atoms with Crippen LogP contribution in [0.25, 0.3) is 0 Å². The highest BCUT2D eigenvalue weighted by molar-refractivity contribution is 9.10. The van der Waals surface area contributed by atoms with E-state index in [9.17, 15) is 0 Å². The van der Waals surface area contributed by atoms with Crippen LogP contribution in [0.1, 0.15) is 30.4 Å². The van der Waals surface area contributed by atoms with Gasteiger partial charge < -0.3 is 0 Å². The van der Waals surface area contributed by atoms with Gasteiger partial charge in [0, 0.05) is 4.47 Å². The zero-order valence-electron chi connectivity index (χ0n) is 8.18. The third kappa shape index (κ3) is 3.00. The molecular weight excluding hydrogens is 224 g/mol. The van der Waals surface area contributed by atoms with Gasteiger partial charge in [-0.25, -0.2) is 0 Å². The lowest BCUT2D eigenvalue weighted by Gasteiger charge is -2.10. The molecule has 0 heterocycles. The molecule has 0 aliphatic rings. The van der Waals surface area contributed by atoms with Crippen molar-refractivity contribution in [2.45, 2.75) is 26.2 Å². The van der Waals surface area contributed by atoms with Gasteiger partial charge in [-0.15, -0.1) is 6.58 Å². The van der Waals surface area contributed by atoms with E-state index in [1.54, 1.807) is 0 Å². The Kier molecular flexibility index (Phi) is 3.73. The predicted molar refractivity (Wildman–Crippen MR) is 62.1 cm³/mol. The number of hydrogen-bond donors (Lipinski definition) is 0. The molecule has 0 amide bonds. The molecule has 1 rings (SSSR count). The molecule has 1 unspecified atom stereocenters. The molecule has 70 valence electrons. The molecule has 0 saturated carbocycles. The molecule has 0 N–H and O–H groups in total. The summed E-state index contributed by atoms with van der Waals surface area (Å²) in [4.78, 5) is 0. The summed E-state index contributed by atoms with van der Waals surface area (Å²) < 4.78 is 1.17. The third-order valence-corrected chi connectivity index (χ3v) is 2.61. The maximum atomic E-state index is 3.76. The van der Waals surface area contributed by atoms with Crippen molar-refractivity contribution in [2.24, 2.45) is 0 Å². The lowest BCUT2D eigenvalue weighted by atomic mass is 9.96. The Hall–Kier alpha value is -0.560. The third-order valence-electron chi connectivity index (χ3n) is 2.15. The maximum absolute atomic E-state index is 3.76. The number of allylic oxidation sites excluding steroid dienone is 1. The van der Waals surface area contributed by atoms with E-state index in [0.717, 1.165) is 6.42 Å². The second kappa shape index (κ2) is 4.61. The number of rotatable bonds is 3. The normalized spacial score (nSPS) is 12.5. The van der Waals surface area contributed by atoms with Gasteiger partial charge in [-0.2, -0.15) is 0 Å². The van der Waals surface area contributed by atoms with Crippen LogP contribution in [-0.4, -0.2) is 0 Å². The average Bonchev–Trinajstić information content (AvgIpc) is 2.03. The molecule has 1 aromatic rings. The highest BCUT2D eigenvalue weighted by atomic mass is 79.9. The van der Waals surface area contributed by atoms with Crippen LogP contribution >= 0.6 is 15.9 Å². The Morgan fingerprint density at radius 3 is 2.69 bits per heavy atom. The van der Waals surface area contributed by atoms with Crippen LogP contribution in [0, 0.1) is 6.92 Å². The van der Waals surface area contributed by atoms with Crippen molar-refractivity contribution in [1.82, 2.24) is 0 Å². The van der Waals surface area contributed by atoms with Gasteiger partial charge in [0.1, 0.15) is 0 Å². The van der Waals surface area contributed by atoms with Gasteiger partial charge >= 0.3 is 0 Å². The molecular formula is C12H15Br. The van der Waals surface area contributed by atoms with Gasteiger partial charge in [-0.3, -0.25) is 0 Å². The maximum Gasteiger partial charge on any atom is 0.0180 e. The lowest BCUT2D eigenvalue weighted by molar-refractivity contribution is 0.780. The number of benzene rings is 1. The van der Waals surface area contributed by atoms with E-state index < -0.39 is 0 Å². The van der Waals surface area contributed by atoms with Crippen LogP contribution in [-0.2, 0) is 0 Å². The van der Waals surface area contributed by atoms with E-state index in [-0.39, 0.29) is 0 Å². The molecule has 0 aliphatic carbocycles. The van der Waals surface area contributed by atoms with Gasteiger partial charge in [0.2, 0.25) is 0 Å². The average molecular weight is 239 g/mol. The van der Waals surface area contributed by atoms with Crippen LogP contribution in [0.3, 0.4) is 0 Å². The van der Waals surface area contributed by atoms with Crippen molar-refractivity contribution >= 4 is 15.9 Å². The molecule has 0 saturated heterocycles. The number of halogens is 1. The van der Waals surface area contributed by atoms with E-state index in [1.165, 1.54) is 15.6 Å². The Labute approximate surface area is 88.8 Å². The fraction of sp³-hybridized carbons (Fsp3) is 0.333. The molecule has 1 heteroatoms. The highest BCUT2D eigenvalue weighted by Gasteiger charge is 2.04. The molecule has 0 nitrogen and oxygen atoms in total. The molecule has 0 radical (unpaired) electrons. The van der Waals surface area contributed by atoms with Crippen LogP contribution in [0.15, 0.2) is 35.3 Å². The molecule has 0 aliphatic heterocycles. The highest BCUT2D eigenvalue weighted by Crippen LogP contribution is 2.24. The van der Waals surface area contributed by atoms with E-state index in [0.29, 0.717) is 5.92 Å². The van der Waals surface area contributed by atoms with Gasteiger partial charge in [-0.1, -0.05) is 35.0 Å². The van der Waals surface area contributed by atoms with Crippen LogP contribution < -0.4 is 0 Å². The first-order valence-corrected chi connectivity index (χ1v) is 5.30. The van der Waals surface area contributed by atoms with Gasteiger partial charge in [0.25, 0.3) is 0 Å². The predicted octanol–water partition coefficient (Wildman–Crippen LogP) is 4.44. The number of hydrogen-bond acceptors (Lipinski definition) is 0. The van der Waals surface area contributed by atoms with Gasteiger partial charge in [0.15, 0.2) is 0 Å². The second-order valence-electron chi connectivity index (χ2n) is 3.49. The van der Waals surface area contributed by atoms with Crippen molar-refractivity contribution in [3.05, 3.63) is 46.5 Å². The Morgan fingerprint density at radius 1 is 1.46 bits per heavy atom. The zero-order valence-corrected chi connectivity index (χ0v) is 9.76. The fourth-order valence-corrected chi connectivity index (χ4v) is 2.06. The lowest BCUT2D eigenvalue weighted by Crippen LogP contribution is -1.92. The SMILES string of the molecule is C=CCC(C)c1cc(C)cc(Br)c1. The topological polar surface area (TPSA) is 0 Å². The van der Waals surface area contributed by atoms with E-state index >= 15 is 0 Å². The van der Waals surface area contributed by atoms with E-state index in [4.69, 9.17) is 0 Å². The van der Waals surface area contributed by atoms with Crippen molar-refractivity contribution in [1.29, 1.82) is 0 Å². The molecule has 0 spiro atoms. The fourth-order valence-electron chi connectivity index (χ4n) is 1.44. The minimum Gasteiger partial charge on any atom is -0.103 e. The molecule has 0 fully saturated rings. The quantitative estimate of drug-likeness (QED) is 0.684. The van der Waals surface area contributed by atoms with Crippen molar-refractivity contribution < 1.29 is 0 Å². The summed E-state index contributed by atoms with van der Waals surface area (Å²) in [6, 6.07) is 6.55.